The lowest BCUT2D eigenvalue weighted by molar-refractivity contribution is -0.148. The smallest absolute Gasteiger partial charge is 0.330 e. The number of ketones is 1. The minimum Gasteiger partial charge on any atom is -0.497 e. The van der Waals surface area contributed by atoms with E-state index < -0.39 is 35.3 Å². The van der Waals surface area contributed by atoms with Crippen molar-refractivity contribution in [1.82, 2.24) is 4.90 Å². The number of ether oxygens (including phenoxy) is 1. The number of furan rings is 1. The summed E-state index contributed by atoms with van der Waals surface area (Å²) in [5, 5.41) is 11.4. The molecule has 1 aromatic heterocycles. The van der Waals surface area contributed by atoms with Crippen LogP contribution < -0.4 is 4.74 Å². The van der Waals surface area contributed by atoms with Crippen molar-refractivity contribution in [2.24, 2.45) is 5.92 Å². The van der Waals surface area contributed by atoms with Gasteiger partial charge in [0.2, 0.25) is 0 Å². The highest BCUT2D eigenvalue weighted by Gasteiger charge is 2.65. The predicted octanol–water partition coefficient (Wildman–Crippen LogP) is 6.88. The van der Waals surface area contributed by atoms with Gasteiger partial charge in [0.05, 0.1) is 24.6 Å². The van der Waals surface area contributed by atoms with Crippen LogP contribution in [-0.2, 0) is 4.79 Å². The molecule has 8 heteroatoms. The number of amides is 1. The first-order valence-electron chi connectivity index (χ1n) is 13.2. The van der Waals surface area contributed by atoms with Crippen molar-refractivity contribution in [3.8, 4) is 5.75 Å². The summed E-state index contributed by atoms with van der Waals surface area (Å²) in [5.41, 5.74) is 0.0361. The van der Waals surface area contributed by atoms with Gasteiger partial charge in [-0.3, -0.25) is 9.59 Å². The zero-order chi connectivity index (χ0) is 29.5. The normalized spacial score (nSPS) is 22.0. The van der Waals surface area contributed by atoms with E-state index in [1.165, 1.54) is 11.8 Å². The first-order chi connectivity index (χ1) is 19.6. The number of likely N-dealkylation sites (tertiary alicyclic amines) is 1. The molecule has 1 aliphatic rings. The molecule has 0 saturated carbocycles. The number of carbonyl (C=O) groups excluding carboxylic acids is 2. The summed E-state index contributed by atoms with van der Waals surface area (Å²) in [4.78, 5) is 43.8. The molecule has 1 saturated heterocycles. The number of aryl methyl sites for hydroxylation is 2. The van der Waals surface area contributed by atoms with Crippen LogP contribution in [0.2, 0.25) is 5.02 Å². The highest BCUT2D eigenvalue weighted by atomic mass is 35.5. The van der Waals surface area contributed by atoms with Crippen LogP contribution in [0.3, 0.4) is 0 Å². The third-order valence-electron chi connectivity index (χ3n) is 8.05. The molecule has 4 atom stereocenters. The van der Waals surface area contributed by atoms with Gasteiger partial charge in [-0.15, -0.1) is 0 Å². The van der Waals surface area contributed by atoms with Gasteiger partial charge < -0.3 is 19.2 Å². The average molecular weight is 572 g/mol. The zero-order valence-corrected chi connectivity index (χ0v) is 23.9. The van der Waals surface area contributed by atoms with Crippen LogP contribution in [0.15, 0.2) is 89.3 Å². The topological polar surface area (TPSA) is 97.0 Å². The molecule has 0 spiro atoms. The van der Waals surface area contributed by atoms with Crippen molar-refractivity contribution in [3.05, 3.63) is 124 Å². The van der Waals surface area contributed by atoms with E-state index in [2.05, 4.69) is 0 Å². The van der Waals surface area contributed by atoms with E-state index in [4.69, 9.17) is 20.8 Å². The number of Topliss-reactive ketones (excluding diaryl/α,β-unsaturated/α-hetero) is 1. The molecule has 0 radical (unpaired) electrons. The minimum absolute atomic E-state index is 0.309. The maximum atomic E-state index is 14.6. The number of benzene rings is 3. The van der Waals surface area contributed by atoms with Crippen molar-refractivity contribution in [2.75, 3.05) is 7.11 Å². The molecule has 4 unspecified atom stereocenters. The largest absolute Gasteiger partial charge is 0.497 e. The van der Waals surface area contributed by atoms with Crippen molar-refractivity contribution < 1.29 is 28.6 Å². The number of carboxylic acids is 1. The molecule has 41 heavy (non-hydrogen) atoms. The molecule has 2 heterocycles. The number of halogens is 1. The van der Waals surface area contributed by atoms with Crippen LogP contribution in [-0.4, -0.2) is 40.3 Å². The lowest BCUT2D eigenvalue weighted by Crippen LogP contribution is -2.54. The third kappa shape index (κ3) is 4.80. The molecule has 0 bridgehead atoms. The monoisotopic (exact) mass is 571 g/mol. The summed E-state index contributed by atoms with van der Waals surface area (Å²) in [7, 11) is 1.54. The Hall–Kier alpha value is -4.36. The van der Waals surface area contributed by atoms with Crippen molar-refractivity contribution in [3.63, 3.8) is 0 Å². The van der Waals surface area contributed by atoms with E-state index in [9.17, 15) is 19.5 Å². The van der Waals surface area contributed by atoms with Crippen LogP contribution >= 0.6 is 11.6 Å². The fourth-order valence-corrected chi connectivity index (χ4v) is 6.26. The van der Waals surface area contributed by atoms with Crippen LogP contribution in [0.4, 0.5) is 0 Å². The standard InChI is InChI=1S/C33H30ClNO6/c1-19-18-26(20(2)41-19)30(36)27-28(21-12-16-25(40-4)17-13-21)33(3,32(38)39)35(31(37)23-8-6-5-7-9-23)29(27)22-10-14-24(34)15-11-22/h5-18,27-29H,1-4H3,(H,38,39). The van der Waals surface area contributed by atoms with Crippen molar-refractivity contribution in [1.29, 1.82) is 0 Å². The SMILES string of the molecule is COc1ccc(C2C(C(=O)c3cc(C)oc3C)C(c3ccc(Cl)cc3)N(C(=O)c3ccccc3)C2(C)C(=O)O)cc1. The molecular weight excluding hydrogens is 542 g/mol. The van der Waals surface area contributed by atoms with Gasteiger partial charge in [0.15, 0.2) is 5.78 Å². The number of aliphatic carboxylic acids is 1. The van der Waals surface area contributed by atoms with Crippen LogP contribution in [0, 0.1) is 19.8 Å². The van der Waals surface area contributed by atoms with Gasteiger partial charge in [-0.25, -0.2) is 4.79 Å². The molecule has 4 aromatic rings. The number of carbonyl (C=O) groups is 3. The first-order valence-corrected chi connectivity index (χ1v) is 13.6. The molecule has 7 nitrogen and oxygen atoms in total. The quantitative estimate of drug-likeness (QED) is 0.243. The summed E-state index contributed by atoms with van der Waals surface area (Å²) in [6.45, 7) is 4.98. The van der Waals surface area contributed by atoms with Crippen LogP contribution in [0.25, 0.3) is 0 Å². The highest BCUT2D eigenvalue weighted by Crippen LogP contribution is 2.57. The average Bonchev–Trinajstić information content (AvgIpc) is 3.46. The minimum atomic E-state index is -1.82. The maximum absolute atomic E-state index is 14.6. The van der Waals surface area contributed by atoms with E-state index in [1.807, 2.05) is 0 Å². The van der Waals surface area contributed by atoms with E-state index >= 15 is 0 Å². The molecule has 1 aliphatic heterocycles. The molecule has 1 N–H and O–H groups in total. The predicted molar refractivity (Wildman–Crippen MR) is 155 cm³/mol. The summed E-state index contributed by atoms with van der Waals surface area (Å²) in [6.07, 6.45) is 0. The van der Waals surface area contributed by atoms with Gasteiger partial charge in [0.1, 0.15) is 22.8 Å². The van der Waals surface area contributed by atoms with Gasteiger partial charge >= 0.3 is 5.97 Å². The second kappa shape index (κ2) is 10.9. The van der Waals surface area contributed by atoms with Crippen LogP contribution in [0.5, 0.6) is 5.75 Å². The molecule has 5 rings (SSSR count). The molecule has 1 amide bonds. The molecular formula is C33H30ClNO6. The Bertz CT molecular complexity index is 1600. The van der Waals surface area contributed by atoms with Gasteiger partial charge in [0, 0.05) is 16.5 Å². The van der Waals surface area contributed by atoms with Gasteiger partial charge in [-0.05, 0) is 74.4 Å². The molecule has 1 fully saturated rings. The Labute approximate surface area is 243 Å². The van der Waals surface area contributed by atoms with Gasteiger partial charge in [0.25, 0.3) is 5.91 Å². The Balaban J connectivity index is 1.83. The summed E-state index contributed by atoms with van der Waals surface area (Å²) >= 11 is 6.23. The number of hydrogen-bond donors (Lipinski definition) is 1. The molecule has 0 aliphatic carbocycles. The van der Waals surface area contributed by atoms with E-state index in [0.29, 0.717) is 44.5 Å². The van der Waals surface area contributed by atoms with E-state index in [1.54, 1.807) is 106 Å². The fourth-order valence-electron chi connectivity index (χ4n) is 6.13. The Kier molecular flexibility index (Phi) is 7.49. The first kappa shape index (κ1) is 28.2. The second-order valence-electron chi connectivity index (χ2n) is 10.5. The lowest BCUT2D eigenvalue weighted by atomic mass is 9.71. The Morgan fingerprint density at radius 2 is 1.54 bits per heavy atom. The Morgan fingerprint density at radius 1 is 0.927 bits per heavy atom. The number of carboxylic acid groups (broad SMARTS) is 1. The summed E-state index contributed by atoms with van der Waals surface area (Å²) in [6, 6.07) is 23.1. The number of nitrogens with zero attached hydrogens (tertiary/aromatic N) is 1. The van der Waals surface area contributed by atoms with Gasteiger partial charge in [-0.1, -0.05) is 54.1 Å². The highest BCUT2D eigenvalue weighted by molar-refractivity contribution is 6.30. The second-order valence-corrected chi connectivity index (χ2v) is 10.9. The lowest BCUT2D eigenvalue weighted by Gasteiger charge is -2.38. The fraction of sp³-hybridized carbons (Fsp3) is 0.242. The molecule has 210 valence electrons. The number of rotatable bonds is 7. The van der Waals surface area contributed by atoms with Crippen LogP contribution in [0.1, 0.15) is 62.2 Å². The van der Waals surface area contributed by atoms with E-state index in [-0.39, 0.29) is 5.78 Å². The number of methoxy groups -OCH3 is 1. The summed E-state index contributed by atoms with van der Waals surface area (Å²) in [5.74, 6) is -2.36. The molecule has 3 aromatic carbocycles. The third-order valence-corrected chi connectivity index (χ3v) is 8.30. The van der Waals surface area contributed by atoms with Gasteiger partial charge in [-0.2, -0.15) is 0 Å². The van der Waals surface area contributed by atoms with Crippen molar-refractivity contribution >= 4 is 29.3 Å². The zero-order valence-electron chi connectivity index (χ0n) is 23.1. The van der Waals surface area contributed by atoms with E-state index in [0.717, 1.165) is 0 Å². The Morgan fingerprint density at radius 3 is 2.07 bits per heavy atom. The summed E-state index contributed by atoms with van der Waals surface area (Å²) < 4.78 is 11.1. The maximum Gasteiger partial charge on any atom is 0.330 e. The van der Waals surface area contributed by atoms with Crippen molar-refractivity contribution in [2.45, 2.75) is 38.3 Å². The number of hydrogen-bond acceptors (Lipinski definition) is 5.